The molecular weight excluding hydrogens is 242 g/mol. The van der Waals surface area contributed by atoms with Crippen LogP contribution < -0.4 is 0 Å². The molecule has 0 bridgehead atoms. The SMILES string of the molecule is CC#CC#CC#CC#CC#CC#CC#CC#CN(C)C. The van der Waals surface area contributed by atoms with E-state index in [2.05, 4.69) is 94.9 Å². The van der Waals surface area contributed by atoms with Crippen LogP contribution in [0.4, 0.5) is 0 Å². The van der Waals surface area contributed by atoms with Crippen molar-refractivity contribution in [1.82, 2.24) is 4.90 Å². The van der Waals surface area contributed by atoms with Crippen LogP contribution in [0.25, 0.3) is 0 Å². The molecular formula is C19H9N. The molecule has 0 fully saturated rings. The first-order valence-corrected chi connectivity index (χ1v) is 5.37. The van der Waals surface area contributed by atoms with Gasteiger partial charge in [-0.3, -0.25) is 0 Å². The molecule has 0 atom stereocenters. The summed E-state index contributed by atoms with van der Waals surface area (Å²) >= 11 is 0. The van der Waals surface area contributed by atoms with Crippen molar-refractivity contribution in [3.63, 3.8) is 0 Å². The second-order valence-electron chi connectivity index (χ2n) is 3.01. The lowest BCUT2D eigenvalue weighted by molar-refractivity contribution is 0.598. The number of hydrogen-bond donors (Lipinski definition) is 0. The van der Waals surface area contributed by atoms with Crippen molar-refractivity contribution in [3.05, 3.63) is 0 Å². The molecule has 0 aromatic rings. The summed E-state index contributed by atoms with van der Waals surface area (Å²) in [6.45, 7) is 1.71. The van der Waals surface area contributed by atoms with Crippen LogP contribution in [-0.2, 0) is 0 Å². The van der Waals surface area contributed by atoms with Crippen molar-refractivity contribution in [2.24, 2.45) is 0 Å². The second-order valence-corrected chi connectivity index (χ2v) is 3.01. The zero-order chi connectivity index (χ0) is 14.9. The van der Waals surface area contributed by atoms with Gasteiger partial charge in [-0.1, -0.05) is 5.92 Å². The van der Waals surface area contributed by atoms with Crippen LogP contribution in [-0.4, -0.2) is 19.0 Å². The highest BCUT2D eigenvalue weighted by Gasteiger charge is 1.67. The minimum absolute atomic E-state index is 1.71. The molecule has 20 heavy (non-hydrogen) atoms. The van der Waals surface area contributed by atoms with Gasteiger partial charge in [0, 0.05) is 61.6 Å². The van der Waals surface area contributed by atoms with E-state index >= 15 is 0 Å². The zero-order valence-electron chi connectivity index (χ0n) is 11.4. The molecule has 0 saturated heterocycles. The van der Waals surface area contributed by atoms with E-state index in [4.69, 9.17) is 0 Å². The second kappa shape index (κ2) is 13.3. The average molecular weight is 251 g/mol. The quantitative estimate of drug-likeness (QED) is 0.449. The lowest BCUT2D eigenvalue weighted by Crippen LogP contribution is -2.00. The van der Waals surface area contributed by atoms with Gasteiger partial charge in [0.2, 0.25) is 0 Å². The molecule has 0 radical (unpaired) electrons. The Morgan fingerprint density at radius 1 is 0.450 bits per heavy atom. The Kier molecular flexibility index (Phi) is 10.9. The van der Waals surface area contributed by atoms with E-state index in [0.29, 0.717) is 0 Å². The Hall–Kier alpha value is -3.72. The minimum atomic E-state index is 1.71. The zero-order valence-corrected chi connectivity index (χ0v) is 11.4. The number of rotatable bonds is 0. The van der Waals surface area contributed by atoms with Crippen molar-refractivity contribution in [2.75, 3.05) is 14.1 Å². The molecule has 0 unspecified atom stereocenters. The van der Waals surface area contributed by atoms with E-state index in [1.165, 1.54) is 0 Å². The molecule has 0 aliphatic carbocycles. The molecule has 0 amide bonds. The monoisotopic (exact) mass is 251 g/mol. The van der Waals surface area contributed by atoms with Gasteiger partial charge in [-0.05, 0) is 48.4 Å². The van der Waals surface area contributed by atoms with E-state index < -0.39 is 0 Å². The van der Waals surface area contributed by atoms with Crippen molar-refractivity contribution in [1.29, 1.82) is 0 Å². The molecule has 0 aliphatic heterocycles. The molecule has 0 saturated carbocycles. The van der Waals surface area contributed by atoms with Gasteiger partial charge in [0.25, 0.3) is 0 Å². The van der Waals surface area contributed by atoms with E-state index in [-0.39, 0.29) is 0 Å². The maximum Gasteiger partial charge on any atom is 0.0211 e. The Labute approximate surface area is 121 Å². The largest absolute Gasteiger partial charge is 0.338 e. The fourth-order valence-electron chi connectivity index (χ4n) is 0.577. The van der Waals surface area contributed by atoms with Crippen LogP contribution in [0.1, 0.15) is 6.92 Å². The summed E-state index contributed by atoms with van der Waals surface area (Å²) in [6.07, 6.45) is 0. The van der Waals surface area contributed by atoms with Crippen LogP contribution in [0.15, 0.2) is 0 Å². The van der Waals surface area contributed by atoms with E-state index in [0.717, 1.165) is 0 Å². The Morgan fingerprint density at radius 2 is 0.750 bits per heavy atom. The van der Waals surface area contributed by atoms with Gasteiger partial charge in [0.1, 0.15) is 0 Å². The predicted molar refractivity (Wildman–Crippen MR) is 81.6 cm³/mol. The Morgan fingerprint density at radius 3 is 1.05 bits per heavy atom. The molecule has 0 aromatic heterocycles. The highest BCUT2D eigenvalue weighted by atomic mass is 15.0. The lowest BCUT2D eigenvalue weighted by atomic mass is 10.5. The first-order chi connectivity index (χ1) is 9.77. The third-order valence-electron chi connectivity index (χ3n) is 1.22. The highest BCUT2D eigenvalue weighted by Crippen LogP contribution is 1.63. The van der Waals surface area contributed by atoms with Crippen LogP contribution in [0.3, 0.4) is 0 Å². The van der Waals surface area contributed by atoms with Gasteiger partial charge in [0.05, 0.1) is 0 Å². The van der Waals surface area contributed by atoms with Crippen LogP contribution in [0.5, 0.6) is 0 Å². The minimum Gasteiger partial charge on any atom is -0.338 e. The number of hydrogen-bond acceptors (Lipinski definition) is 1. The maximum absolute atomic E-state index is 2.74. The molecule has 0 N–H and O–H groups in total. The molecule has 1 heteroatoms. The van der Waals surface area contributed by atoms with E-state index in [1.54, 1.807) is 11.8 Å². The first-order valence-electron chi connectivity index (χ1n) is 5.37. The molecule has 0 aromatic carbocycles. The van der Waals surface area contributed by atoms with Gasteiger partial charge in [-0.25, -0.2) is 0 Å². The van der Waals surface area contributed by atoms with Crippen molar-refractivity contribution >= 4 is 0 Å². The van der Waals surface area contributed by atoms with Crippen LogP contribution in [0.2, 0.25) is 0 Å². The lowest BCUT2D eigenvalue weighted by Gasteiger charge is -1.94. The van der Waals surface area contributed by atoms with Gasteiger partial charge < -0.3 is 4.90 Å². The highest BCUT2D eigenvalue weighted by molar-refractivity contribution is 5.45. The van der Waals surface area contributed by atoms with Crippen molar-refractivity contribution < 1.29 is 0 Å². The van der Waals surface area contributed by atoms with Gasteiger partial charge in [-0.15, -0.1) is 0 Å². The van der Waals surface area contributed by atoms with Crippen molar-refractivity contribution in [3.8, 4) is 94.9 Å². The molecule has 0 rings (SSSR count). The summed E-state index contributed by atoms with van der Waals surface area (Å²) in [6, 6.07) is 2.74. The smallest absolute Gasteiger partial charge is 0.0211 e. The van der Waals surface area contributed by atoms with Gasteiger partial charge in [-0.2, -0.15) is 0 Å². The van der Waals surface area contributed by atoms with Crippen LogP contribution >= 0.6 is 0 Å². The summed E-state index contributed by atoms with van der Waals surface area (Å²) in [5, 5.41) is 0. The van der Waals surface area contributed by atoms with E-state index in [9.17, 15) is 0 Å². The Bertz CT molecular complexity index is 824. The summed E-state index contributed by atoms with van der Waals surface area (Å²) < 4.78 is 0. The summed E-state index contributed by atoms with van der Waals surface area (Å²) in [7, 11) is 3.66. The molecule has 0 aliphatic rings. The fourth-order valence-corrected chi connectivity index (χ4v) is 0.577. The molecule has 1 nitrogen and oxygen atoms in total. The molecule has 0 spiro atoms. The average Bonchev–Trinajstić information content (AvgIpc) is 2.43. The summed E-state index contributed by atoms with van der Waals surface area (Å²) in [4.78, 5) is 1.71. The number of nitrogens with zero attached hydrogens (tertiary/aromatic N) is 1. The third kappa shape index (κ3) is 14.3. The van der Waals surface area contributed by atoms with Gasteiger partial charge >= 0.3 is 0 Å². The molecule has 90 valence electrons. The first kappa shape index (κ1) is 16.3. The normalized spacial score (nSPS) is 4.55. The van der Waals surface area contributed by atoms with Crippen molar-refractivity contribution in [2.45, 2.75) is 6.92 Å². The fraction of sp³-hybridized carbons (Fsp3) is 0.158. The topological polar surface area (TPSA) is 3.24 Å². The predicted octanol–water partition coefficient (Wildman–Crippen LogP) is 0.553. The standard InChI is InChI=1S/C19H9N/c1-4-5-6-7-8-9-10-11-12-13-14-15-16-17-18-19-20(2)3/h1-3H3. The summed E-state index contributed by atoms with van der Waals surface area (Å²) in [5.41, 5.74) is 0. The summed E-state index contributed by atoms with van der Waals surface area (Å²) in [5.74, 6) is 38.2. The molecule has 0 heterocycles. The van der Waals surface area contributed by atoms with Crippen LogP contribution in [0, 0.1) is 94.9 Å². The van der Waals surface area contributed by atoms with E-state index in [1.807, 2.05) is 14.1 Å². The van der Waals surface area contributed by atoms with Gasteiger partial charge in [0.15, 0.2) is 0 Å². The maximum atomic E-state index is 2.74. The Balaban J connectivity index is 4.31. The third-order valence-corrected chi connectivity index (χ3v) is 1.22.